The van der Waals surface area contributed by atoms with E-state index in [1.807, 2.05) is 30.0 Å². The lowest BCUT2D eigenvalue weighted by atomic mass is 9.97. The number of fused-ring (bicyclic) bond motifs is 1. The molecule has 0 aromatic carbocycles. The average Bonchev–Trinajstić information content (AvgIpc) is 2.34. The third-order valence-corrected chi connectivity index (χ3v) is 1.65. The van der Waals surface area contributed by atoms with Crippen LogP contribution in [0.4, 0.5) is 5.95 Å². The van der Waals surface area contributed by atoms with Gasteiger partial charge in [0.1, 0.15) is 6.20 Å². The van der Waals surface area contributed by atoms with Gasteiger partial charge in [0.05, 0.1) is 19.7 Å². The molecular formula is C6H8BN3+. The Hall–Kier alpha value is -1.06. The fourth-order valence-electron chi connectivity index (χ4n) is 1.10. The number of hydrogen-bond acceptors (Lipinski definition) is 2. The quantitative estimate of drug-likeness (QED) is 0.433. The van der Waals surface area contributed by atoms with Crippen LogP contribution in [0.2, 0.25) is 0 Å². The normalized spacial score (nSPS) is 14.7. The van der Waals surface area contributed by atoms with Crippen LogP contribution in [0, 0.1) is 0 Å². The molecule has 0 saturated heterocycles. The molecule has 0 N–H and O–H groups in total. The van der Waals surface area contributed by atoms with E-state index in [2.05, 4.69) is 17.3 Å². The molecule has 0 atom stereocenters. The number of nitrogens with zero attached hydrogens (tertiary/aromatic N) is 3. The van der Waals surface area contributed by atoms with Crippen molar-refractivity contribution in [1.82, 2.24) is 4.98 Å². The molecule has 0 aliphatic carbocycles. The maximum atomic E-state index is 4.20. The second kappa shape index (κ2) is 1.97. The molecule has 1 aliphatic rings. The van der Waals surface area contributed by atoms with Crippen LogP contribution in [-0.2, 0) is 0 Å². The van der Waals surface area contributed by atoms with Gasteiger partial charge in [-0.2, -0.15) is 0 Å². The number of rotatable bonds is 0. The summed E-state index contributed by atoms with van der Waals surface area (Å²) in [5.74, 6) is 1.02. The summed E-state index contributed by atoms with van der Waals surface area (Å²) in [7, 11) is 4.13. The summed E-state index contributed by atoms with van der Waals surface area (Å²) >= 11 is 0. The van der Waals surface area contributed by atoms with Crippen LogP contribution in [0.3, 0.4) is 0 Å². The Balaban J connectivity index is 2.51. The molecule has 0 fully saturated rings. The van der Waals surface area contributed by atoms with Crippen LogP contribution in [0.1, 0.15) is 0 Å². The lowest BCUT2D eigenvalue weighted by molar-refractivity contribution is -0.512. The summed E-state index contributed by atoms with van der Waals surface area (Å²) in [5.41, 5.74) is 0. The Kier molecular flexibility index (Phi) is 1.12. The Morgan fingerprint density at radius 1 is 1.80 bits per heavy atom. The van der Waals surface area contributed by atoms with Crippen molar-refractivity contribution in [3.8, 4) is 0 Å². The van der Waals surface area contributed by atoms with Gasteiger partial charge in [-0.3, -0.25) is 9.38 Å². The minimum Gasteiger partial charge on any atom is -0.292 e. The van der Waals surface area contributed by atoms with Gasteiger partial charge in [0.2, 0.25) is 0 Å². The van der Waals surface area contributed by atoms with Crippen LogP contribution >= 0.6 is 0 Å². The van der Waals surface area contributed by atoms with E-state index in [0.717, 1.165) is 12.4 Å². The first kappa shape index (κ1) is 5.71. The minimum absolute atomic E-state index is 0.955. The zero-order chi connectivity index (χ0) is 6.97. The Morgan fingerprint density at radius 3 is 3.50 bits per heavy atom. The van der Waals surface area contributed by atoms with Crippen molar-refractivity contribution in [2.75, 3.05) is 18.4 Å². The predicted octanol–water partition coefficient (Wildman–Crippen LogP) is -0.756. The highest BCUT2D eigenvalue weighted by Crippen LogP contribution is 2.02. The van der Waals surface area contributed by atoms with Crippen molar-refractivity contribution < 1.29 is 4.48 Å². The van der Waals surface area contributed by atoms with E-state index in [4.69, 9.17) is 0 Å². The maximum Gasteiger partial charge on any atom is 0.390 e. The largest absolute Gasteiger partial charge is 0.390 e. The third-order valence-electron chi connectivity index (χ3n) is 1.65. The lowest BCUT2D eigenvalue weighted by Gasteiger charge is -1.99. The van der Waals surface area contributed by atoms with Crippen molar-refractivity contribution in [3.05, 3.63) is 18.5 Å². The molecule has 1 aromatic heterocycles. The maximum absolute atomic E-state index is 4.20. The first-order chi connectivity index (χ1) is 4.88. The van der Waals surface area contributed by atoms with Crippen LogP contribution < -0.4 is 9.38 Å². The second-order valence-electron chi connectivity index (χ2n) is 2.39. The standard InChI is InChI=1S/C6H8BN3/c1-9-5-7-10-4-2-3-8-6(9)10/h2-4H,5H2,1H3/q+1. The van der Waals surface area contributed by atoms with Gasteiger partial charge >= 0.3 is 13.4 Å². The SMILES string of the molecule is CN1C[B][n+]2cccnc21. The molecule has 10 heavy (non-hydrogen) atoms. The number of anilines is 1. The zero-order valence-corrected chi connectivity index (χ0v) is 5.86. The van der Waals surface area contributed by atoms with E-state index in [0.29, 0.717) is 0 Å². The van der Waals surface area contributed by atoms with Crippen LogP contribution in [-0.4, -0.2) is 25.9 Å². The molecule has 1 aliphatic heterocycles. The molecule has 0 spiro atoms. The third kappa shape index (κ3) is 0.684. The van der Waals surface area contributed by atoms with Gasteiger partial charge in [-0.05, 0) is 0 Å². The summed E-state index contributed by atoms with van der Waals surface area (Å²) < 4.78 is 2.03. The lowest BCUT2D eigenvalue weighted by Crippen LogP contribution is -2.36. The van der Waals surface area contributed by atoms with Crippen molar-refractivity contribution >= 4 is 13.4 Å². The van der Waals surface area contributed by atoms with Gasteiger partial charge in [-0.15, -0.1) is 0 Å². The first-order valence-corrected chi connectivity index (χ1v) is 3.28. The van der Waals surface area contributed by atoms with E-state index in [-0.39, 0.29) is 0 Å². The van der Waals surface area contributed by atoms with Gasteiger partial charge in [0.25, 0.3) is 0 Å². The monoisotopic (exact) mass is 133 g/mol. The molecule has 4 heteroatoms. The number of aromatic nitrogens is 2. The summed E-state index contributed by atoms with van der Waals surface area (Å²) in [6, 6.07) is 1.93. The van der Waals surface area contributed by atoms with Gasteiger partial charge in [-0.1, -0.05) is 4.98 Å². The number of hydrogen-bond donors (Lipinski definition) is 0. The summed E-state index contributed by atoms with van der Waals surface area (Å²) in [6.07, 6.45) is 4.77. The Bertz CT molecular complexity index is 251. The molecule has 0 unspecified atom stereocenters. The first-order valence-electron chi connectivity index (χ1n) is 3.28. The van der Waals surface area contributed by atoms with Crippen molar-refractivity contribution in [2.24, 2.45) is 0 Å². The molecule has 0 amide bonds. The fraction of sp³-hybridized carbons (Fsp3) is 0.333. The molecule has 49 valence electrons. The van der Waals surface area contributed by atoms with E-state index in [9.17, 15) is 0 Å². The highest BCUT2D eigenvalue weighted by atomic mass is 15.3. The second-order valence-corrected chi connectivity index (χ2v) is 2.39. The highest BCUT2D eigenvalue weighted by Gasteiger charge is 2.25. The topological polar surface area (TPSA) is 20.0 Å². The Labute approximate surface area is 60.6 Å². The van der Waals surface area contributed by atoms with E-state index < -0.39 is 0 Å². The predicted molar refractivity (Wildman–Crippen MR) is 38.9 cm³/mol. The van der Waals surface area contributed by atoms with Crippen molar-refractivity contribution in [2.45, 2.75) is 0 Å². The summed E-state index contributed by atoms with van der Waals surface area (Å²) in [4.78, 5) is 6.30. The van der Waals surface area contributed by atoms with E-state index in [1.165, 1.54) is 0 Å². The van der Waals surface area contributed by atoms with Crippen LogP contribution in [0.25, 0.3) is 0 Å². The van der Waals surface area contributed by atoms with Crippen LogP contribution in [0.5, 0.6) is 0 Å². The minimum atomic E-state index is 0.955. The summed E-state index contributed by atoms with van der Waals surface area (Å²) in [5, 5.41) is 0. The molecule has 3 nitrogen and oxygen atoms in total. The molecule has 2 rings (SSSR count). The van der Waals surface area contributed by atoms with E-state index >= 15 is 0 Å². The smallest absolute Gasteiger partial charge is 0.292 e. The molecule has 0 bridgehead atoms. The van der Waals surface area contributed by atoms with Gasteiger partial charge in [-0.25, -0.2) is 0 Å². The van der Waals surface area contributed by atoms with E-state index in [1.54, 1.807) is 0 Å². The summed E-state index contributed by atoms with van der Waals surface area (Å²) in [6.45, 7) is 0. The fourth-order valence-corrected chi connectivity index (χ4v) is 1.10. The highest BCUT2D eigenvalue weighted by molar-refractivity contribution is 6.27. The van der Waals surface area contributed by atoms with Crippen molar-refractivity contribution in [3.63, 3.8) is 0 Å². The molecule has 0 saturated carbocycles. The van der Waals surface area contributed by atoms with Gasteiger partial charge in [0.15, 0.2) is 0 Å². The average molecular weight is 133 g/mol. The Morgan fingerprint density at radius 2 is 2.70 bits per heavy atom. The molecule has 1 aromatic rings. The zero-order valence-electron chi connectivity index (χ0n) is 5.86. The van der Waals surface area contributed by atoms with Crippen LogP contribution in [0.15, 0.2) is 18.5 Å². The molecule has 2 heterocycles. The van der Waals surface area contributed by atoms with Crippen molar-refractivity contribution in [1.29, 1.82) is 0 Å². The molecular weight excluding hydrogens is 125 g/mol. The van der Waals surface area contributed by atoms with Gasteiger partial charge in [0, 0.05) is 6.07 Å². The molecule has 1 radical (unpaired) electrons. The van der Waals surface area contributed by atoms with Gasteiger partial charge < -0.3 is 0 Å².